The van der Waals surface area contributed by atoms with E-state index < -0.39 is 0 Å². The molecule has 3 rings (SSSR count). The third-order valence-corrected chi connectivity index (χ3v) is 4.77. The van der Waals surface area contributed by atoms with Gasteiger partial charge in [-0.3, -0.25) is 9.59 Å². The topological polar surface area (TPSA) is 69.6 Å². The Kier molecular flexibility index (Phi) is 4.48. The van der Waals surface area contributed by atoms with E-state index in [4.69, 9.17) is 11.6 Å². The number of nitrogens with one attached hydrogen (secondary N) is 1. The zero-order valence-corrected chi connectivity index (χ0v) is 13.9. The molecular formula is C17H21ClN2O3. The Balaban J connectivity index is 1.67. The molecule has 2 aliphatic rings. The fourth-order valence-electron chi connectivity index (χ4n) is 3.05. The number of anilines is 1. The Morgan fingerprint density at radius 1 is 1.26 bits per heavy atom. The van der Waals surface area contributed by atoms with Gasteiger partial charge in [0.05, 0.1) is 11.6 Å². The van der Waals surface area contributed by atoms with Crippen molar-refractivity contribution < 1.29 is 14.7 Å². The first-order valence-electron chi connectivity index (χ1n) is 8.04. The summed E-state index contributed by atoms with van der Waals surface area (Å²) in [6.07, 6.45) is 3.53. The van der Waals surface area contributed by atoms with E-state index in [1.807, 2.05) is 4.90 Å². The van der Waals surface area contributed by atoms with E-state index in [0.717, 1.165) is 32.2 Å². The Morgan fingerprint density at radius 3 is 2.70 bits per heavy atom. The van der Waals surface area contributed by atoms with Crippen molar-refractivity contribution in [3.8, 4) is 5.75 Å². The van der Waals surface area contributed by atoms with Crippen molar-refractivity contribution in [3.05, 3.63) is 22.7 Å². The fourth-order valence-corrected chi connectivity index (χ4v) is 3.32. The van der Waals surface area contributed by atoms with Crippen LogP contribution in [0.4, 0.5) is 5.69 Å². The SMILES string of the molecule is Cc1cc(Cl)cc(NC(=O)[C@H]2CCCN(C(=O)C3CC3)C2)c1O. The van der Waals surface area contributed by atoms with Crippen LogP contribution in [-0.2, 0) is 9.59 Å². The monoisotopic (exact) mass is 336 g/mol. The molecule has 6 heteroatoms. The van der Waals surface area contributed by atoms with Gasteiger partial charge in [-0.25, -0.2) is 0 Å². The summed E-state index contributed by atoms with van der Waals surface area (Å²) in [5.41, 5.74) is 0.938. The number of piperidine rings is 1. The number of amides is 2. The summed E-state index contributed by atoms with van der Waals surface area (Å²) in [6, 6.07) is 3.18. The average molecular weight is 337 g/mol. The number of carbonyl (C=O) groups excluding carboxylic acids is 2. The molecule has 1 saturated carbocycles. The highest BCUT2D eigenvalue weighted by molar-refractivity contribution is 6.31. The lowest BCUT2D eigenvalue weighted by Crippen LogP contribution is -2.44. The van der Waals surface area contributed by atoms with E-state index >= 15 is 0 Å². The molecule has 2 fully saturated rings. The van der Waals surface area contributed by atoms with Crippen LogP contribution in [0.15, 0.2) is 12.1 Å². The number of carbonyl (C=O) groups is 2. The summed E-state index contributed by atoms with van der Waals surface area (Å²) < 4.78 is 0. The second-order valence-corrected chi connectivity index (χ2v) is 6.94. The molecule has 23 heavy (non-hydrogen) atoms. The van der Waals surface area contributed by atoms with Crippen LogP contribution in [0.5, 0.6) is 5.75 Å². The van der Waals surface area contributed by atoms with Crippen molar-refractivity contribution in [2.45, 2.75) is 32.6 Å². The lowest BCUT2D eigenvalue weighted by Gasteiger charge is -2.32. The van der Waals surface area contributed by atoms with Crippen molar-refractivity contribution in [1.82, 2.24) is 4.90 Å². The number of hydrogen-bond donors (Lipinski definition) is 2. The number of hydrogen-bond acceptors (Lipinski definition) is 3. The number of benzene rings is 1. The third kappa shape index (κ3) is 3.61. The molecule has 2 N–H and O–H groups in total. The Morgan fingerprint density at radius 2 is 2.00 bits per heavy atom. The van der Waals surface area contributed by atoms with Crippen LogP contribution in [0.1, 0.15) is 31.2 Å². The van der Waals surface area contributed by atoms with Crippen molar-refractivity contribution in [1.29, 1.82) is 0 Å². The van der Waals surface area contributed by atoms with Gasteiger partial charge in [-0.1, -0.05) is 11.6 Å². The molecule has 1 atom stereocenters. The van der Waals surface area contributed by atoms with Gasteiger partial charge >= 0.3 is 0 Å². The standard InChI is InChI=1S/C17H21ClN2O3/c1-10-7-13(18)8-14(15(10)21)19-16(22)12-3-2-6-20(9-12)17(23)11-4-5-11/h7-8,11-12,21H,2-6,9H2,1H3,(H,19,22)/t12-/m0/s1. The minimum Gasteiger partial charge on any atom is -0.505 e. The van der Waals surface area contributed by atoms with Gasteiger partial charge in [-0.15, -0.1) is 0 Å². The highest BCUT2D eigenvalue weighted by Crippen LogP contribution is 2.34. The van der Waals surface area contributed by atoms with Crippen LogP contribution < -0.4 is 5.32 Å². The number of aryl methyl sites for hydroxylation is 1. The molecule has 1 saturated heterocycles. The lowest BCUT2D eigenvalue weighted by atomic mass is 9.96. The molecule has 5 nitrogen and oxygen atoms in total. The zero-order chi connectivity index (χ0) is 16.6. The molecular weight excluding hydrogens is 316 g/mol. The van der Waals surface area contributed by atoms with Crippen molar-refractivity contribution in [2.24, 2.45) is 11.8 Å². The highest BCUT2D eigenvalue weighted by atomic mass is 35.5. The molecule has 1 heterocycles. The first-order valence-corrected chi connectivity index (χ1v) is 8.42. The summed E-state index contributed by atoms with van der Waals surface area (Å²) in [6.45, 7) is 2.93. The summed E-state index contributed by atoms with van der Waals surface area (Å²) in [4.78, 5) is 26.5. The van der Waals surface area contributed by atoms with Crippen molar-refractivity contribution in [3.63, 3.8) is 0 Å². The molecule has 0 bridgehead atoms. The fraction of sp³-hybridized carbons (Fsp3) is 0.529. The van der Waals surface area contributed by atoms with Crippen LogP contribution in [0.25, 0.3) is 0 Å². The number of rotatable bonds is 3. The molecule has 0 unspecified atom stereocenters. The minimum absolute atomic E-state index is 0.0319. The van der Waals surface area contributed by atoms with Gasteiger partial charge in [0.1, 0.15) is 5.75 Å². The molecule has 124 valence electrons. The lowest BCUT2D eigenvalue weighted by molar-refractivity contribution is -0.135. The van der Waals surface area contributed by atoms with Gasteiger partial charge in [-0.05, 0) is 50.3 Å². The van der Waals surface area contributed by atoms with Crippen molar-refractivity contribution in [2.75, 3.05) is 18.4 Å². The van der Waals surface area contributed by atoms with Crippen LogP contribution >= 0.6 is 11.6 Å². The Bertz CT molecular complexity index is 643. The van der Waals surface area contributed by atoms with Crippen LogP contribution in [-0.4, -0.2) is 34.9 Å². The predicted molar refractivity (Wildman–Crippen MR) is 88.5 cm³/mol. The van der Waals surface area contributed by atoms with E-state index in [0.29, 0.717) is 22.8 Å². The molecule has 2 amide bonds. The Hall–Kier alpha value is -1.75. The largest absolute Gasteiger partial charge is 0.505 e. The van der Waals surface area contributed by atoms with Gasteiger partial charge in [0, 0.05) is 24.0 Å². The van der Waals surface area contributed by atoms with Crippen LogP contribution in [0.3, 0.4) is 0 Å². The number of halogens is 1. The minimum atomic E-state index is -0.245. The quantitative estimate of drug-likeness (QED) is 0.834. The molecule has 1 aromatic carbocycles. The first-order chi connectivity index (χ1) is 11.0. The molecule has 1 aliphatic heterocycles. The normalized spacial score (nSPS) is 21.1. The van der Waals surface area contributed by atoms with Gasteiger partial charge in [0.15, 0.2) is 0 Å². The van der Waals surface area contributed by atoms with E-state index in [-0.39, 0.29) is 29.4 Å². The second-order valence-electron chi connectivity index (χ2n) is 6.51. The van der Waals surface area contributed by atoms with E-state index in [1.165, 1.54) is 6.07 Å². The van der Waals surface area contributed by atoms with E-state index in [9.17, 15) is 14.7 Å². The van der Waals surface area contributed by atoms with Gasteiger partial charge in [-0.2, -0.15) is 0 Å². The van der Waals surface area contributed by atoms with Crippen LogP contribution in [0, 0.1) is 18.8 Å². The highest BCUT2D eigenvalue weighted by Gasteiger charge is 2.36. The number of phenols is 1. The number of likely N-dealkylation sites (tertiary alicyclic amines) is 1. The van der Waals surface area contributed by atoms with Crippen molar-refractivity contribution >= 4 is 29.1 Å². The summed E-state index contributed by atoms with van der Waals surface area (Å²) in [5, 5.41) is 13.3. The number of phenolic OH excluding ortho intramolecular Hbond substituents is 1. The summed E-state index contributed by atoms with van der Waals surface area (Å²) in [5.74, 6) is -0.0229. The molecule has 0 aromatic heterocycles. The smallest absolute Gasteiger partial charge is 0.229 e. The Labute approximate surface area is 140 Å². The molecule has 0 radical (unpaired) electrons. The maximum Gasteiger partial charge on any atom is 0.229 e. The second kappa shape index (κ2) is 6.40. The van der Waals surface area contributed by atoms with Crippen LogP contribution in [0.2, 0.25) is 5.02 Å². The zero-order valence-electron chi connectivity index (χ0n) is 13.1. The molecule has 1 aromatic rings. The summed E-state index contributed by atoms with van der Waals surface area (Å²) >= 11 is 5.98. The van der Waals surface area contributed by atoms with Gasteiger partial charge < -0.3 is 15.3 Å². The first kappa shape index (κ1) is 16.1. The number of aromatic hydroxyl groups is 1. The molecule has 0 spiro atoms. The number of nitrogens with zero attached hydrogens (tertiary/aromatic N) is 1. The van der Waals surface area contributed by atoms with E-state index in [1.54, 1.807) is 13.0 Å². The maximum atomic E-state index is 12.5. The maximum absolute atomic E-state index is 12.5. The van der Waals surface area contributed by atoms with Gasteiger partial charge in [0.2, 0.25) is 11.8 Å². The van der Waals surface area contributed by atoms with Gasteiger partial charge in [0.25, 0.3) is 0 Å². The summed E-state index contributed by atoms with van der Waals surface area (Å²) in [7, 11) is 0. The van der Waals surface area contributed by atoms with E-state index in [2.05, 4.69) is 5.32 Å². The third-order valence-electron chi connectivity index (χ3n) is 4.55. The molecule has 1 aliphatic carbocycles. The average Bonchev–Trinajstić information content (AvgIpc) is 3.36. The predicted octanol–water partition coefficient (Wildman–Crippen LogP) is 2.94.